The minimum absolute atomic E-state index is 0.0243. The van der Waals surface area contributed by atoms with Crippen molar-refractivity contribution in [3.05, 3.63) is 28.8 Å². The fourth-order valence-corrected chi connectivity index (χ4v) is 5.03. The Morgan fingerprint density at radius 3 is 2.61 bits per heavy atom. The topological polar surface area (TPSA) is 37.4 Å². The van der Waals surface area contributed by atoms with E-state index < -0.39 is 5.41 Å². The number of anilines is 1. The fourth-order valence-electron chi connectivity index (χ4n) is 4.86. The Balaban J connectivity index is 1.89. The first-order valence-electron chi connectivity index (χ1n) is 8.74. The van der Waals surface area contributed by atoms with Crippen LogP contribution in [-0.2, 0) is 16.0 Å². The zero-order valence-electron chi connectivity index (χ0n) is 13.3. The van der Waals surface area contributed by atoms with E-state index in [0.717, 1.165) is 48.5 Å². The molecule has 23 heavy (non-hydrogen) atoms. The summed E-state index contributed by atoms with van der Waals surface area (Å²) in [4.78, 5) is 28.2. The smallest absolute Gasteiger partial charge is 0.148 e. The normalized spacial score (nSPS) is 26.7. The van der Waals surface area contributed by atoms with E-state index >= 15 is 0 Å². The van der Waals surface area contributed by atoms with Gasteiger partial charge in [-0.1, -0.05) is 30.5 Å². The molecule has 0 bridgehead atoms. The lowest BCUT2D eigenvalue weighted by Gasteiger charge is -2.50. The van der Waals surface area contributed by atoms with Crippen LogP contribution in [0.3, 0.4) is 0 Å². The van der Waals surface area contributed by atoms with E-state index in [1.807, 2.05) is 18.2 Å². The Morgan fingerprint density at radius 1 is 1.04 bits per heavy atom. The first-order chi connectivity index (χ1) is 11.1. The van der Waals surface area contributed by atoms with Crippen LogP contribution in [-0.4, -0.2) is 24.2 Å². The highest BCUT2D eigenvalue weighted by Crippen LogP contribution is 2.49. The number of carbonyl (C=O) groups excluding carboxylic acids is 2. The predicted octanol–water partition coefficient (Wildman–Crippen LogP) is 3.95. The molecule has 4 rings (SSSR count). The Kier molecular flexibility index (Phi) is 3.72. The van der Waals surface area contributed by atoms with Crippen molar-refractivity contribution in [2.45, 2.75) is 57.4 Å². The standard InChI is InChI=1S/C19H22ClNO2/c20-14-9-8-13-12-19(17(22)6-4-7-18(19)23)16-5-2-1-3-10-21(16)15(13)11-14/h8-9,11,16H,1-7,10,12H2/t16-/m0/s1. The molecule has 2 fully saturated rings. The molecule has 2 heterocycles. The fraction of sp³-hybridized carbons (Fsp3) is 0.579. The highest BCUT2D eigenvalue weighted by Gasteiger charge is 2.56. The molecule has 0 N–H and O–H groups in total. The molecule has 4 heteroatoms. The maximum atomic E-state index is 13.0. The maximum Gasteiger partial charge on any atom is 0.148 e. The first kappa shape index (κ1) is 15.2. The second-order valence-corrected chi connectivity index (χ2v) is 7.62. The van der Waals surface area contributed by atoms with E-state index in [9.17, 15) is 9.59 Å². The van der Waals surface area contributed by atoms with E-state index in [1.165, 1.54) is 6.42 Å². The van der Waals surface area contributed by atoms with Gasteiger partial charge in [0.1, 0.15) is 17.0 Å². The number of carbonyl (C=O) groups is 2. The molecular weight excluding hydrogens is 310 g/mol. The number of rotatable bonds is 0. The van der Waals surface area contributed by atoms with Crippen LogP contribution >= 0.6 is 11.6 Å². The third kappa shape index (κ3) is 2.24. The number of nitrogens with zero attached hydrogens (tertiary/aromatic N) is 1. The van der Waals surface area contributed by atoms with Gasteiger partial charge in [-0.2, -0.15) is 0 Å². The van der Waals surface area contributed by atoms with Crippen LogP contribution in [0.1, 0.15) is 50.5 Å². The molecule has 0 amide bonds. The quantitative estimate of drug-likeness (QED) is 0.675. The van der Waals surface area contributed by atoms with Crippen LogP contribution in [0.5, 0.6) is 0 Å². The minimum atomic E-state index is -0.802. The van der Waals surface area contributed by atoms with Gasteiger partial charge in [0.05, 0.1) is 0 Å². The van der Waals surface area contributed by atoms with Crippen LogP contribution in [0, 0.1) is 5.41 Å². The molecule has 0 radical (unpaired) electrons. The van der Waals surface area contributed by atoms with Crippen molar-refractivity contribution < 1.29 is 9.59 Å². The van der Waals surface area contributed by atoms with Crippen molar-refractivity contribution in [3.63, 3.8) is 0 Å². The summed E-state index contributed by atoms with van der Waals surface area (Å²) in [6, 6.07) is 5.93. The van der Waals surface area contributed by atoms with Gasteiger partial charge in [0, 0.05) is 36.1 Å². The summed E-state index contributed by atoms with van der Waals surface area (Å²) in [7, 11) is 0. The minimum Gasteiger partial charge on any atom is -0.367 e. The molecule has 3 aliphatic rings. The number of hydrogen-bond acceptors (Lipinski definition) is 3. The summed E-state index contributed by atoms with van der Waals surface area (Å²) in [5.41, 5.74) is 1.45. The zero-order chi connectivity index (χ0) is 16.0. The van der Waals surface area contributed by atoms with E-state index in [1.54, 1.807) is 0 Å². The lowest BCUT2D eigenvalue weighted by Crippen LogP contribution is -2.61. The number of ketones is 2. The average molecular weight is 332 g/mol. The van der Waals surface area contributed by atoms with Gasteiger partial charge in [-0.25, -0.2) is 0 Å². The number of benzene rings is 1. The predicted molar refractivity (Wildman–Crippen MR) is 91.1 cm³/mol. The van der Waals surface area contributed by atoms with E-state index in [2.05, 4.69) is 4.90 Å². The summed E-state index contributed by atoms with van der Waals surface area (Å²) in [5.74, 6) is 0.345. The second kappa shape index (κ2) is 5.62. The second-order valence-electron chi connectivity index (χ2n) is 7.18. The third-order valence-electron chi connectivity index (χ3n) is 5.95. The lowest BCUT2D eigenvalue weighted by atomic mass is 9.61. The molecule has 0 unspecified atom stereocenters. The van der Waals surface area contributed by atoms with E-state index in [0.29, 0.717) is 19.3 Å². The van der Waals surface area contributed by atoms with Gasteiger partial charge in [-0.05, 0) is 43.4 Å². The largest absolute Gasteiger partial charge is 0.367 e. The number of hydrogen-bond donors (Lipinski definition) is 0. The van der Waals surface area contributed by atoms with E-state index in [-0.39, 0.29) is 17.6 Å². The Bertz CT molecular complexity index is 653. The Hall–Kier alpha value is -1.35. The van der Waals surface area contributed by atoms with Crippen molar-refractivity contribution in [3.8, 4) is 0 Å². The summed E-state index contributed by atoms with van der Waals surface area (Å²) < 4.78 is 0. The van der Waals surface area contributed by atoms with Gasteiger partial charge in [0.2, 0.25) is 0 Å². The molecular formula is C19H22ClNO2. The summed E-state index contributed by atoms with van der Waals surface area (Å²) in [6.45, 7) is 0.917. The van der Waals surface area contributed by atoms with E-state index in [4.69, 9.17) is 11.6 Å². The number of fused-ring (bicyclic) bond motifs is 4. The molecule has 1 saturated carbocycles. The van der Waals surface area contributed by atoms with Crippen molar-refractivity contribution in [1.29, 1.82) is 0 Å². The molecule has 122 valence electrons. The number of Topliss-reactive ketones (excluding diaryl/α,β-unsaturated/α-hetero) is 2. The highest BCUT2D eigenvalue weighted by atomic mass is 35.5. The molecule has 1 spiro atoms. The van der Waals surface area contributed by atoms with Crippen molar-refractivity contribution >= 4 is 28.9 Å². The first-order valence-corrected chi connectivity index (χ1v) is 9.12. The molecule has 1 aliphatic carbocycles. The Labute approximate surface area is 142 Å². The van der Waals surface area contributed by atoms with Crippen LogP contribution in [0.4, 0.5) is 5.69 Å². The molecule has 0 aromatic heterocycles. The maximum absolute atomic E-state index is 13.0. The zero-order valence-corrected chi connectivity index (χ0v) is 14.1. The van der Waals surface area contributed by atoms with Gasteiger partial charge < -0.3 is 4.90 Å². The molecule has 1 atom stereocenters. The van der Waals surface area contributed by atoms with Gasteiger partial charge in [0.15, 0.2) is 0 Å². The molecule has 1 aromatic rings. The summed E-state index contributed by atoms with van der Waals surface area (Å²) in [6.07, 6.45) is 6.71. The molecule has 1 saturated heterocycles. The van der Waals surface area contributed by atoms with Crippen molar-refractivity contribution in [2.24, 2.45) is 5.41 Å². The number of halogens is 1. The van der Waals surface area contributed by atoms with Gasteiger partial charge in [-0.3, -0.25) is 9.59 Å². The van der Waals surface area contributed by atoms with Gasteiger partial charge >= 0.3 is 0 Å². The van der Waals surface area contributed by atoms with Crippen LogP contribution in [0.15, 0.2) is 18.2 Å². The summed E-state index contributed by atoms with van der Waals surface area (Å²) in [5, 5.41) is 0.726. The highest BCUT2D eigenvalue weighted by molar-refractivity contribution is 6.31. The average Bonchev–Trinajstić information content (AvgIpc) is 2.79. The van der Waals surface area contributed by atoms with Crippen molar-refractivity contribution in [1.82, 2.24) is 0 Å². The van der Waals surface area contributed by atoms with Crippen molar-refractivity contribution in [2.75, 3.05) is 11.4 Å². The summed E-state index contributed by atoms with van der Waals surface area (Å²) >= 11 is 6.22. The lowest BCUT2D eigenvalue weighted by molar-refractivity contribution is -0.146. The molecule has 2 aliphatic heterocycles. The van der Waals surface area contributed by atoms with Crippen LogP contribution in [0.25, 0.3) is 0 Å². The van der Waals surface area contributed by atoms with Gasteiger partial charge in [-0.15, -0.1) is 0 Å². The SMILES string of the molecule is O=C1CCCC(=O)C12Cc1ccc(Cl)cc1N1CCCCC[C@H]12. The van der Waals surface area contributed by atoms with Crippen LogP contribution in [0.2, 0.25) is 5.02 Å². The van der Waals surface area contributed by atoms with Gasteiger partial charge in [0.25, 0.3) is 0 Å². The Morgan fingerprint density at radius 2 is 1.83 bits per heavy atom. The molecule has 3 nitrogen and oxygen atoms in total. The molecule has 1 aromatic carbocycles. The monoisotopic (exact) mass is 331 g/mol. The van der Waals surface area contributed by atoms with Crippen LogP contribution < -0.4 is 4.90 Å². The third-order valence-corrected chi connectivity index (χ3v) is 6.19.